The number of halogens is 3. The minimum absolute atomic E-state index is 0.0254. The van der Waals surface area contributed by atoms with E-state index in [-0.39, 0.29) is 6.04 Å². The first kappa shape index (κ1) is 15.0. The molecule has 0 heterocycles. The summed E-state index contributed by atoms with van der Waals surface area (Å²) in [4.78, 5) is 0. The molecule has 0 amide bonds. The van der Waals surface area contributed by atoms with Gasteiger partial charge >= 0.3 is 0 Å². The Morgan fingerprint density at radius 2 is 1.70 bits per heavy atom. The lowest BCUT2D eigenvalue weighted by Gasteiger charge is -2.16. The number of anilines is 1. The number of nitrogens with zero attached hydrogens (tertiary/aromatic N) is 1. The summed E-state index contributed by atoms with van der Waals surface area (Å²) in [6, 6.07) is 12.8. The predicted molar refractivity (Wildman–Crippen MR) is 84.7 cm³/mol. The third kappa shape index (κ3) is 3.37. The smallest absolute Gasteiger partial charge is 0.101 e. The van der Waals surface area contributed by atoms with Gasteiger partial charge in [-0.15, -0.1) is 0 Å². The lowest BCUT2D eigenvalue weighted by atomic mass is 10.1. The van der Waals surface area contributed by atoms with E-state index in [0.717, 1.165) is 11.3 Å². The van der Waals surface area contributed by atoms with Crippen molar-refractivity contribution in [3.8, 4) is 6.07 Å². The maximum atomic E-state index is 8.97. The van der Waals surface area contributed by atoms with Crippen molar-refractivity contribution in [2.45, 2.75) is 13.0 Å². The Labute approximate surface area is 132 Å². The zero-order valence-electron chi connectivity index (χ0n) is 10.6. The molecular formula is C15H11Cl3N2. The summed E-state index contributed by atoms with van der Waals surface area (Å²) < 4.78 is 0. The second-order valence-corrected chi connectivity index (χ2v) is 5.57. The molecule has 2 aromatic rings. The van der Waals surface area contributed by atoms with Gasteiger partial charge in [0.25, 0.3) is 0 Å². The summed E-state index contributed by atoms with van der Waals surface area (Å²) in [7, 11) is 0. The van der Waals surface area contributed by atoms with E-state index >= 15 is 0 Å². The highest BCUT2D eigenvalue weighted by Gasteiger charge is 2.09. The third-order valence-electron chi connectivity index (χ3n) is 2.91. The summed E-state index contributed by atoms with van der Waals surface area (Å²) in [5.41, 5.74) is 2.27. The fraction of sp³-hybridized carbons (Fsp3) is 0.133. The quantitative estimate of drug-likeness (QED) is 0.786. The van der Waals surface area contributed by atoms with E-state index < -0.39 is 0 Å². The van der Waals surface area contributed by atoms with Crippen LogP contribution in [0.3, 0.4) is 0 Å². The van der Waals surface area contributed by atoms with Crippen LogP contribution in [0.15, 0.2) is 36.4 Å². The molecule has 102 valence electrons. The molecule has 0 aromatic heterocycles. The van der Waals surface area contributed by atoms with Gasteiger partial charge in [-0.2, -0.15) is 5.26 Å². The molecule has 0 radical (unpaired) electrons. The number of benzene rings is 2. The van der Waals surface area contributed by atoms with Crippen molar-refractivity contribution in [3.63, 3.8) is 0 Å². The van der Waals surface area contributed by atoms with Crippen molar-refractivity contribution in [1.29, 1.82) is 5.26 Å². The molecule has 1 N–H and O–H groups in total. The molecule has 0 fully saturated rings. The van der Waals surface area contributed by atoms with Crippen molar-refractivity contribution in [2.24, 2.45) is 0 Å². The highest BCUT2D eigenvalue weighted by atomic mass is 35.5. The first-order chi connectivity index (χ1) is 9.51. The third-order valence-corrected chi connectivity index (χ3v) is 3.98. The van der Waals surface area contributed by atoms with Crippen LogP contribution in [-0.4, -0.2) is 0 Å². The van der Waals surface area contributed by atoms with Gasteiger partial charge in [-0.05, 0) is 42.8 Å². The Balaban J connectivity index is 2.21. The van der Waals surface area contributed by atoms with Gasteiger partial charge in [-0.1, -0.05) is 40.9 Å². The Morgan fingerprint density at radius 3 is 2.35 bits per heavy atom. The van der Waals surface area contributed by atoms with E-state index in [1.807, 2.05) is 25.1 Å². The van der Waals surface area contributed by atoms with Crippen molar-refractivity contribution < 1.29 is 0 Å². The van der Waals surface area contributed by atoms with Gasteiger partial charge in [0.15, 0.2) is 0 Å². The van der Waals surface area contributed by atoms with Crippen LogP contribution >= 0.6 is 34.8 Å². The molecule has 2 aromatic carbocycles. The summed E-state index contributed by atoms with van der Waals surface area (Å²) >= 11 is 17.8. The molecule has 20 heavy (non-hydrogen) atoms. The number of hydrogen-bond donors (Lipinski definition) is 1. The van der Waals surface area contributed by atoms with Crippen molar-refractivity contribution >= 4 is 40.5 Å². The molecule has 0 spiro atoms. The molecule has 0 saturated carbocycles. The second kappa shape index (κ2) is 6.37. The van der Waals surface area contributed by atoms with Gasteiger partial charge in [0.2, 0.25) is 0 Å². The first-order valence-corrected chi connectivity index (χ1v) is 7.06. The second-order valence-electron chi connectivity index (χ2n) is 4.35. The van der Waals surface area contributed by atoms with Crippen LogP contribution in [0.2, 0.25) is 15.1 Å². The fourth-order valence-electron chi connectivity index (χ4n) is 1.82. The molecule has 2 rings (SSSR count). The number of nitriles is 1. The molecular weight excluding hydrogens is 315 g/mol. The van der Waals surface area contributed by atoms with E-state index in [1.165, 1.54) is 0 Å². The summed E-state index contributed by atoms with van der Waals surface area (Å²) in [6.07, 6.45) is 0. The highest BCUT2D eigenvalue weighted by molar-refractivity contribution is 6.42. The van der Waals surface area contributed by atoms with E-state index in [9.17, 15) is 0 Å². The first-order valence-electron chi connectivity index (χ1n) is 5.92. The molecule has 2 nitrogen and oxygen atoms in total. The molecule has 0 aliphatic heterocycles. The van der Waals surface area contributed by atoms with Crippen LogP contribution in [0.4, 0.5) is 5.69 Å². The average Bonchev–Trinajstić information content (AvgIpc) is 2.43. The minimum Gasteiger partial charge on any atom is -0.378 e. The van der Waals surface area contributed by atoms with Crippen molar-refractivity contribution in [2.75, 3.05) is 5.32 Å². The van der Waals surface area contributed by atoms with Gasteiger partial charge in [0, 0.05) is 11.7 Å². The van der Waals surface area contributed by atoms with Gasteiger partial charge in [0.1, 0.15) is 6.07 Å². The molecule has 0 saturated heterocycles. The summed E-state index contributed by atoms with van der Waals surface area (Å²) in [6.45, 7) is 2.00. The fourth-order valence-corrected chi connectivity index (χ4v) is 2.28. The van der Waals surface area contributed by atoms with Crippen LogP contribution in [0.5, 0.6) is 0 Å². The number of nitrogens with one attached hydrogen (secondary N) is 1. The largest absolute Gasteiger partial charge is 0.378 e. The normalized spacial score (nSPS) is 11.8. The predicted octanol–water partition coefficient (Wildman–Crippen LogP) is 5.69. The Kier molecular flexibility index (Phi) is 4.77. The van der Waals surface area contributed by atoms with E-state index in [4.69, 9.17) is 40.1 Å². The van der Waals surface area contributed by atoms with Crippen LogP contribution in [-0.2, 0) is 0 Å². The van der Waals surface area contributed by atoms with E-state index in [2.05, 4.69) is 11.4 Å². The van der Waals surface area contributed by atoms with Crippen LogP contribution < -0.4 is 5.32 Å². The maximum absolute atomic E-state index is 8.97. The lowest BCUT2D eigenvalue weighted by Crippen LogP contribution is -2.06. The molecule has 0 bridgehead atoms. The number of hydrogen-bond acceptors (Lipinski definition) is 2. The topological polar surface area (TPSA) is 35.8 Å². The molecule has 0 aliphatic rings. The Morgan fingerprint density at radius 1 is 1.00 bits per heavy atom. The zero-order chi connectivity index (χ0) is 14.7. The minimum atomic E-state index is 0.0254. The van der Waals surface area contributed by atoms with E-state index in [1.54, 1.807) is 18.2 Å². The van der Waals surface area contributed by atoms with Gasteiger partial charge in [-0.3, -0.25) is 0 Å². The van der Waals surface area contributed by atoms with E-state index in [0.29, 0.717) is 20.6 Å². The van der Waals surface area contributed by atoms with Crippen molar-refractivity contribution in [3.05, 3.63) is 62.6 Å². The highest BCUT2D eigenvalue weighted by Crippen LogP contribution is 2.28. The van der Waals surface area contributed by atoms with Crippen LogP contribution in [0.1, 0.15) is 24.1 Å². The lowest BCUT2D eigenvalue weighted by molar-refractivity contribution is 0.885. The number of rotatable bonds is 3. The Hall–Kier alpha value is -1.40. The van der Waals surface area contributed by atoms with Crippen LogP contribution in [0, 0.1) is 11.3 Å². The summed E-state index contributed by atoms with van der Waals surface area (Å²) in [5, 5.41) is 13.8. The van der Waals surface area contributed by atoms with Gasteiger partial charge in [-0.25, -0.2) is 0 Å². The van der Waals surface area contributed by atoms with Gasteiger partial charge < -0.3 is 5.32 Å². The Bertz CT molecular complexity index is 677. The summed E-state index contributed by atoms with van der Waals surface area (Å²) in [5.74, 6) is 0. The van der Waals surface area contributed by atoms with Crippen LogP contribution in [0.25, 0.3) is 0 Å². The molecule has 1 atom stereocenters. The SMILES string of the molecule is CC(Nc1ccc(Cl)c(C#N)c1)c1ccc(Cl)c(Cl)c1. The zero-order valence-corrected chi connectivity index (χ0v) is 12.9. The van der Waals surface area contributed by atoms with Crippen molar-refractivity contribution in [1.82, 2.24) is 0 Å². The molecule has 0 aliphatic carbocycles. The average molecular weight is 326 g/mol. The molecule has 5 heteroatoms. The van der Waals surface area contributed by atoms with Gasteiger partial charge in [0.05, 0.1) is 20.6 Å². The molecule has 1 unspecified atom stereocenters. The standard InChI is InChI=1S/C15H11Cl3N2/c1-9(10-2-4-14(17)15(18)7-10)20-12-3-5-13(16)11(6-12)8-19/h2-7,9,20H,1H3. The maximum Gasteiger partial charge on any atom is 0.101 e. The monoisotopic (exact) mass is 324 g/mol.